The van der Waals surface area contributed by atoms with Crippen molar-refractivity contribution < 1.29 is 13.6 Å². The van der Waals surface area contributed by atoms with E-state index in [0.29, 0.717) is 4.34 Å². The van der Waals surface area contributed by atoms with E-state index in [2.05, 4.69) is 55.7 Å². The SMILES string of the molecule is O=C(CSc1nnc(SCc2cccc3ccccc23)s1)Nc1c(F)cc(F)cc1Br. The van der Waals surface area contributed by atoms with Crippen LogP contribution in [-0.4, -0.2) is 21.9 Å². The average molecular weight is 538 g/mol. The van der Waals surface area contributed by atoms with Crippen molar-refractivity contribution in [1.82, 2.24) is 10.2 Å². The molecule has 0 unspecified atom stereocenters. The summed E-state index contributed by atoms with van der Waals surface area (Å²) in [4.78, 5) is 12.2. The highest BCUT2D eigenvalue weighted by Crippen LogP contribution is 2.33. The van der Waals surface area contributed by atoms with E-state index in [-0.39, 0.29) is 15.9 Å². The summed E-state index contributed by atoms with van der Waals surface area (Å²) >= 11 is 7.26. The minimum absolute atomic E-state index is 0.0336. The van der Waals surface area contributed by atoms with Crippen molar-refractivity contribution in [2.24, 2.45) is 0 Å². The molecule has 0 aliphatic heterocycles. The number of anilines is 1. The minimum Gasteiger partial charge on any atom is -0.322 e. The molecule has 31 heavy (non-hydrogen) atoms. The fraction of sp³-hybridized carbons (Fsp3) is 0.0952. The number of fused-ring (bicyclic) bond motifs is 1. The first kappa shape index (κ1) is 22.2. The Morgan fingerprint density at radius 3 is 2.58 bits per heavy atom. The molecule has 3 aromatic carbocycles. The number of hydrogen-bond donors (Lipinski definition) is 1. The predicted molar refractivity (Wildman–Crippen MR) is 127 cm³/mol. The molecular weight excluding hydrogens is 524 g/mol. The van der Waals surface area contributed by atoms with E-state index in [1.807, 2.05) is 18.2 Å². The predicted octanol–water partition coefficient (Wildman–Crippen LogP) is 6.76. The summed E-state index contributed by atoms with van der Waals surface area (Å²) in [6.07, 6.45) is 0. The first-order chi connectivity index (χ1) is 15.0. The molecule has 0 saturated heterocycles. The number of thioether (sulfide) groups is 2. The van der Waals surface area contributed by atoms with Crippen LogP contribution < -0.4 is 5.32 Å². The van der Waals surface area contributed by atoms with Crippen LogP contribution in [0.5, 0.6) is 0 Å². The highest BCUT2D eigenvalue weighted by molar-refractivity contribution is 9.10. The second-order valence-corrected chi connectivity index (χ2v) is 10.6. The van der Waals surface area contributed by atoms with Gasteiger partial charge in [0.1, 0.15) is 5.82 Å². The summed E-state index contributed by atoms with van der Waals surface area (Å²) in [6, 6.07) is 16.3. The lowest BCUT2D eigenvalue weighted by molar-refractivity contribution is -0.113. The second kappa shape index (κ2) is 10.1. The highest BCUT2D eigenvalue weighted by atomic mass is 79.9. The third kappa shape index (κ3) is 5.62. The molecule has 4 rings (SSSR count). The van der Waals surface area contributed by atoms with Gasteiger partial charge in [-0.1, -0.05) is 77.3 Å². The molecule has 1 aromatic heterocycles. The fourth-order valence-electron chi connectivity index (χ4n) is 2.84. The third-order valence-electron chi connectivity index (χ3n) is 4.22. The van der Waals surface area contributed by atoms with Gasteiger partial charge in [0.25, 0.3) is 0 Å². The summed E-state index contributed by atoms with van der Waals surface area (Å²) in [5.41, 5.74) is 1.13. The number of hydrogen-bond acceptors (Lipinski definition) is 6. The maximum Gasteiger partial charge on any atom is 0.234 e. The standard InChI is InChI=1S/C21H14BrF2N3OS3/c22-16-8-14(23)9-17(24)19(16)25-18(28)11-30-21-27-26-20(31-21)29-10-13-6-3-5-12-4-1-2-7-15(12)13/h1-9H,10-11H2,(H,25,28). The van der Waals surface area contributed by atoms with Gasteiger partial charge < -0.3 is 5.32 Å². The summed E-state index contributed by atoms with van der Waals surface area (Å²) < 4.78 is 28.6. The van der Waals surface area contributed by atoms with Gasteiger partial charge in [0, 0.05) is 16.3 Å². The van der Waals surface area contributed by atoms with Gasteiger partial charge in [-0.3, -0.25) is 4.79 Å². The molecule has 0 atom stereocenters. The number of nitrogens with zero attached hydrogens (tertiary/aromatic N) is 2. The molecule has 1 N–H and O–H groups in total. The molecule has 1 heterocycles. The van der Waals surface area contributed by atoms with E-state index in [4.69, 9.17) is 0 Å². The minimum atomic E-state index is -0.840. The van der Waals surface area contributed by atoms with E-state index in [1.54, 1.807) is 11.8 Å². The zero-order chi connectivity index (χ0) is 21.8. The molecule has 0 aliphatic carbocycles. The maximum atomic E-state index is 13.8. The Kier molecular flexibility index (Phi) is 7.21. The van der Waals surface area contributed by atoms with Gasteiger partial charge in [0.2, 0.25) is 5.91 Å². The van der Waals surface area contributed by atoms with E-state index in [1.165, 1.54) is 39.4 Å². The van der Waals surface area contributed by atoms with Crippen LogP contribution in [0, 0.1) is 11.6 Å². The second-order valence-electron chi connectivity index (χ2n) is 6.34. The number of carbonyl (C=O) groups excluding carboxylic acids is 1. The van der Waals surface area contributed by atoms with E-state index >= 15 is 0 Å². The smallest absolute Gasteiger partial charge is 0.234 e. The van der Waals surface area contributed by atoms with E-state index in [9.17, 15) is 13.6 Å². The van der Waals surface area contributed by atoms with Gasteiger partial charge in [0.05, 0.1) is 11.4 Å². The average Bonchev–Trinajstić information content (AvgIpc) is 3.21. The summed E-state index contributed by atoms with van der Waals surface area (Å²) in [5, 5.41) is 13.2. The molecule has 10 heteroatoms. The monoisotopic (exact) mass is 537 g/mol. The zero-order valence-electron chi connectivity index (χ0n) is 15.8. The molecule has 4 aromatic rings. The van der Waals surface area contributed by atoms with Crippen molar-refractivity contribution in [3.63, 3.8) is 0 Å². The van der Waals surface area contributed by atoms with Crippen molar-refractivity contribution in [2.75, 3.05) is 11.1 Å². The van der Waals surface area contributed by atoms with Crippen LogP contribution in [0.1, 0.15) is 5.56 Å². The van der Waals surface area contributed by atoms with Gasteiger partial charge in [-0.2, -0.15) is 0 Å². The Labute approximate surface area is 198 Å². The summed E-state index contributed by atoms with van der Waals surface area (Å²) in [6.45, 7) is 0. The van der Waals surface area contributed by atoms with Gasteiger partial charge >= 0.3 is 0 Å². The summed E-state index contributed by atoms with van der Waals surface area (Å²) in [5.74, 6) is -1.19. The molecule has 0 saturated carbocycles. The number of aromatic nitrogens is 2. The Balaban J connectivity index is 1.32. The molecule has 0 spiro atoms. The highest BCUT2D eigenvalue weighted by Gasteiger charge is 2.14. The van der Waals surface area contributed by atoms with Crippen LogP contribution in [0.2, 0.25) is 0 Å². The topological polar surface area (TPSA) is 54.9 Å². The van der Waals surface area contributed by atoms with Crippen LogP contribution in [0.3, 0.4) is 0 Å². The van der Waals surface area contributed by atoms with Crippen LogP contribution in [0.15, 0.2) is 67.7 Å². The van der Waals surface area contributed by atoms with E-state index in [0.717, 1.165) is 22.2 Å². The van der Waals surface area contributed by atoms with Crippen LogP contribution in [-0.2, 0) is 10.5 Å². The normalized spacial score (nSPS) is 11.1. The maximum absolute atomic E-state index is 13.8. The third-order valence-corrected chi connectivity index (χ3v) is 8.08. The van der Waals surface area contributed by atoms with Gasteiger partial charge in [0.15, 0.2) is 14.5 Å². The van der Waals surface area contributed by atoms with E-state index < -0.39 is 17.5 Å². The molecular formula is C21H14BrF2N3OS3. The molecule has 4 nitrogen and oxygen atoms in total. The summed E-state index contributed by atoms with van der Waals surface area (Å²) in [7, 11) is 0. The van der Waals surface area contributed by atoms with Gasteiger partial charge in [-0.25, -0.2) is 8.78 Å². The number of rotatable bonds is 7. The fourth-order valence-corrected chi connectivity index (χ4v) is 6.17. The Bertz CT molecular complexity index is 1220. The quantitative estimate of drug-likeness (QED) is 0.264. The van der Waals surface area contributed by atoms with Crippen molar-refractivity contribution >= 4 is 73.2 Å². The van der Waals surface area contributed by atoms with Crippen molar-refractivity contribution in [3.05, 3.63) is 76.3 Å². The number of nitrogens with one attached hydrogen (secondary N) is 1. The molecule has 0 aliphatic rings. The number of carbonyl (C=O) groups is 1. The lowest BCUT2D eigenvalue weighted by Gasteiger charge is -2.08. The molecule has 158 valence electrons. The zero-order valence-corrected chi connectivity index (χ0v) is 19.8. The van der Waals surface area contributed by atoms with Crippen molar-refractivity contribution in [3.8, 4) is 0 Å². The molecule has 0 fully saturated rings. The lowest BCUT2D eigenvalue weighted by atomic mass is 10.1. The number of benzene rings is 3. The molecule has 1 amide bonds. The van der Waals surface area contributed by atoms with Crippen LogP contribution in [0.25, 0.3) is 10.8 Å². The van der Waals surface area contributed by atoms with Gasteiger partial charge in [-0.05, 0) is 38.3 Å². The lowest BCUT2D eigenvalue weighted by Crippen LogP contribution is -2.15. The Morgan fingerprint density at radius 2 is 1.77 bits per heavy atom. The molecule has 0 bridgehead atoms. The first-order valence-corrected chi connectivity index (χ1v) is 12.6. The van der Waals surface area contributed by atoms with Crippen LogP contribution >= 0.6 is 50.8 Å². The Hall–Kier alpha value is -2.01. The van der Waals surface area contributed by atoms with Crippen molar-refractivity contribution in [2.45, 2.75) is 14.4 Å². The first-order valence-electron chi connectivity index (χ1n) is 9.00. The number of halogens is 3. The number of amides is 1. The van der Waals surface area contributed by atoms with Crippen LogP contribution in [0.4, 0.5) is 14.5 Å². The van der Waals surface area contributed by atoms with Crippen molar-refractivity contribution in [1.29, 1.82) is 0 Å². The Morgan fingerprint density at radius 1 is 1.03 bits per heavy atom. The van der Waals surface area contributed by atoms with Gasteiger partial charge in [-0.15, -0.1) is 10.2 Å². The molecule has 0 radical (unpaired) electrons. The largest absolute Gasteiger partial charge is 0.322 e.